The molecule has 0 amide bonds. The normalized spacial score (nSPS) is 8.00. The molecule has 1 heterocycles. The lowest BCUT2D eigenvalue weighted by molar-refractivity contribution is 1.16. The van der Waals surface area contributed by atoms with Gasteiger partial charge < -0.3 is 0 Å². The molecule has 0 aliphatic heterocycles. The first-order chi connectivity index (χ1) is 2.50. The van der Waals surface area contributed by atoms with E-state index in [1.165, 1.54) is 17.7 Å². The molecule has 0 atom stereocenters. The van der Waals surface area contributed by atoms with Gasteiger partial charge in [-0.05, 0) is 11.5 Å². The molecular weight excluding hydrogens is 84.1 g/mol. The Kier molecular flexibility index (Phi) is 0.624. The van der Waals surface area contributed by atoms with Crippen molar-refractivity contribution >= 4 is 11.5 Å². The van der Waals surface area contributed by atoms with Gasteiger partial charge in [-0.25, -0.2) is 0 Å². The number of nitrogens with zero attached hydrogens (tertiary/aromatic N) is 2. The highest BCUT2D eigenvalue weighted by Gasteiger charge is 1.62. The maximum absolute atomic E-state index is 3.46. The van der Waals surface area contributed by atoms with Gasteiger partial charge in [0.1, 0.15) is 0 Å². The highest BCUT2D eigenvalue weighted by atomic mass is 32.1. The summed E-state index contributed by atoms with van der Waals surface area (Å²) in [5.41, 5.74) is 0. The summed E-state index contributed by atoms with van der Waals surface area (Å²) in [6.45, 7) is 0. The fourth-order valence-electron chi connectivity index (χ4n) is 0.118. The minimum absolute atomic E-state index is 1.23. The minimum Gasteiger partial charge on any atom is -0.146 e. The van der Waals surface area contributed by atoms with Crippen molar-refractivity contribution in [2.45, 2.75) is 0 Å². The SMILES string of the molecule is [c]1cnns1. The van der Waals surface area contributed by atoms with E-state index < -0.39 is 0 Å². The maximum atomic E-state index is 3.46. The summed E-state index contributed by atoms with van der Waals surface area (Å²) in [7, 11) is 0. The van der Waals surface area contributed by atoms with E-state index in [4.69, 9.17) is 0 Å². The average Bonchev–Trinajstić information content (AvgIpc) is 1.76. The van der Waals surface area contributed by atoms with Crippen molar-refractivity contribution in [3.05, 3.63) is 11.6 Å². The molecular formula is C2HN2S. The molecule has 0 fully saturated rings. The van der Waals surface area contributed by atoms with Gasteiger partial charge in [0.2, 0.25) is 0 Å². The molecule has 0 saturated heterocycles. The van der Waals surface area contributed by atoms with Crippen LogP contribution in [-0.2, 0) is 0 Å². The predicted molar refractivity (Wildman–Crippen MR) is 18.7 cm³/mol. The van der Waals surface area contributed by atoms with E-state index in [1.807, 2.05) is 0 Å². The van der Waals surface area contributed by atoms with Crippen molar-refractivity contribution in [1.82, 2.24) is 9.59 Å². The van der Waals surface area contributed by atoms with Crippen LogP contribution in [0.3, 0.4) is 0 Å². The summed E-state index contributed by atoms with van der Waals surface area (Å²) in [4.78, 5) is 0. The Morgan fingerprint density at radius 2 is 2.80 bits per heavy atom. The van der Waals surface area contributed by atoms with Crippen LogP contribution >= 0.6 is 11.5 Å². The van der Waals surface area contributed by atoms with Gasteiger partial charge in [-0.2, -0.15) is 0 Å². The zero-order valence-electron chi connectivity index (χ0n) is 2.38. The minimum atomic E-state index is 1.23. The summed E-state index contributed by atoms with van der Waals surface area (Å²) >= 11 is 1.23. The van der Waals surface area contributed by atoms with Crippen molar-refractivity contribution in [2.24, 2.45) is 0 Å². The zero-order chi connectivity index (χ0) is 3.54. The molecule has 3 heteroatoms. The molecule has 0 aliphatic carbocycles. The third-order valence-corrected chi connectivity index (χ3v) is 0.638. The Bertz CT molecular complexity index is 64.1. The van der Waals surface area contributed by atoms with E-state index >= 15 is 0 Å². The first-order valence-electron chi connectivity index (χ1n) is 1.13. The van der Waals surface area contributed by atoms with Crippen LogP contribution in [0.15, 0.2) is 6.20 Å². The molecule has 0 bridgehead atoms. The van der Waals surface area contributed by atoms with Gasteiger partial charge in [-0.15, -0.1) is 5.10 Å². The molecule has 0 saturated carbocycles. The van der Waals surface area contributed by atoms with Crippen molar-refractivity contribution in [3.8, 4) is 0 Å². The van der Waals surface area contributed by atoms with Crippen molar-refractivity contribution in [3.63, 3.8) is 0 Å². The van der Waals surface area contributed by atoms with Crippen LogP contribution in [0, 0.1) is 5.38 Å². The Hall–Kier alpha value is -0.440. The van der Waals surface area contributed by atoms with Crippen LogP contribution in [0.1, 0.15) is 0 Å². The summed E-state index contributed by atoms with van der Waals surface area (Å²) in [6.07, 6.45) is 1.53. The largest absolute Gasteiger partial charge is 0.146 e. The number of aromatic nitrogens is 2. The Balaban J connectivity index is 3.13. The monoisotopic (exact) mass is 85.0 g/mol. The van der Waals surface area contributed by atoms with Crippen molar-refractivity contribution in [1.29, 1.82) is 0 Å². The zero-order valence-corrected chi connectivity index (χ0v) is 3.20. The van der Waals surface area contributed by atoms with Gasteiger partial charge in [-0.3, -0.25) is 0 Å². The molecule has 1 aromatic rings. The number of hydrogen-bond acceptors (Lipinski definition) is 3. The maximum Gasteiger partial charge on any atom is 0.0886 e. The van der Waals surface area contributed by atoms with E-state index in [2.05, 4.69) is 15.0 Å². The second kappa shape index (κ2) is 1.12. The molecule has 0 N–H and O–H groups in total. The molecule has 0 aliphatic rings. The lowest BCUT2D eigenvalue weighted by Gasteiger charge is -1.40. The summed E-state index contributed by atoms with van der Waals surface area (Å²) in [5, 5.41) is 6.12. The molecule has 1 aromatic heterocycles. The topological polar surface area (TPSA) is 25.8 Å². The Morgan fingerprint density at radius 3 is 3.00 bits per heavy atom. The lowest BCUT2D eigenvalue weighted by Crippen LogP contribution is -1.51. The predicted octanol–water partition coefficient (Wildman–Crippen LogP) is 0.338. The molecule has 0 spiro atoms. The molecule has 25 valence electrons. The van der Waals surface area contributed by atoms with E-state index in [9.17, 15) is 0 Å². The molecule has 1 rings (SSSR count). The van der Waals surface area contributed by atoms with Gasteiger partial charge in [-0.1, -0.05) is 4.49 Å². The van der Waals surface area contributed by atoms with Crippen LogP contribution in [0.5, 0.6) is 0 Å². The third kappa shape index (κ3) is 0.417. The van der Waals surface area contributed by atoms with Gasteiger partial charge >= 0.3 is 0 Å². The first kappa shape index (κ1) is 2.78. The molecule has 1 radical (unpaired) electrons. The standard InChI is InChI=1S/C2HN2S/c1-2-5-4-3-1/h1H. The van der Waals surface area contributed by atoms with Gasteiger partial charge in [0.25, 0.3) is 0 Å². The molecule has 0 unspecified atom stereocenters. The van der Waals surface area contributed by atoms with Gasteiger partial charge in [0.05, 0.1) is 11.6 Å². The fourth-order valence-corrected chi connectivity index (χ4v) is 0.354. The highest BCUT2D eigenvalue weighted by Crippen LogP contribution is 1.76. The smallest absolute Gasteiger partial charge is 0.0886 e. The average molecular weight is 85.1 g/mol. The van der Waals surface area contributed by atoms with Gasteiger partial charge in [0, 0.05) is 0 Å². The Labute approximate surface area is 33.6 Å². The number of hydrogen-bond donors (Lipinski definition) is 0. The Morgan fingerprint density at radius 1 is 1.80 bits per heavy atom. The van der Waals surface area contributed by atoms with Crippen LogP contribution in [0.2, 0.25) is 0 Å². The quantitative estimate of drug-likeness (QED) is 0.454. The number of rotatable bonds is 0. The molecule has 0 aromatic carbocycles. The van der Waals surface area contributed by atoms with Crippen molar-refractivity contribution < 1.29 is 0 Å². The van der Waals surface area contributed by atoms with Crippen LogP contribution in [0.25, 0.3) is 0 Å². The summed E-state index contributed by atoms with van der Waals surface area (Å²) < 4.78 is 3.46. The fraction of sp³-hybridized carbons (Fsp3) is 0. The first-order valence-corrected chi connectivity index (χ1v) is 1.91. The van der Waals surface area contributed by atoms with E-state index in [-0.39, 0.29) is 0 Å². The van der Waals surface area contributed by atoms with Crippen LogP contribution in [-0.4, -0.2) is 9.59 Å². The second-order valence-electron chi connectivity index (χ2n) is 0.535. The summed E-state index contributed by atoms with van der Waals surface area (Å²) in [6, 6.07) is 0. The van der Waals surface area contributed by atoms with Crippen LogP contribution < -0.4 is 0 Å². The third-order valence-electron chi connectivity index (χ3n) is 0.251. The van der Waals surface area contributed by atoms with E-state index in [0.29, 0.717) is 0 Å². The van der Waals surface area contributed by atoms with E-state index in [1.54, 1.807) is 0 Å². The highest BCUT2D eigenvalue weighted by molar-refractivity contribution is 7.02. The lowest BCUT2D eigenvalue weighted by atomic mass is 11.1. The molecule has 5 heavy (non-hydrogen) atoms. The van der Waals surface area contributed by atoms with E-state index in [0.717, 1.165) is 0 Å². The molecule has 2 nitrogen and oxygen atoms in total. The van der Waals surface area contributed by atoms with Gasteiger partial charge in [0.15, 0.2) is 0 Å². The van der Waals surface area contributed by atoms with Crippen LogP contribution in [0.4, 0.5) is 0 Å². The summed E-state index contributed by atoms with van der Waals surface area (Å²) in [5.74, 6) is 0. The second-order valence-corrected chi connectivity index (χ2v) is 1.12. The van der Waals surface area contributed by atoms with Crippen molar-refractivity contribution in [2.75, 3.05) is 0 Å².